The van der Waals surface area contributed by atoms with Crippen LogP contribution in [0.4, 0.5) is 11.4 Å². The minimum absolute atomic E-state index is 0.216. The molecule has 2 aliphatic heterocycles. The summed E-state index contributed by atoms with van der Waals surface area (Å²) in [6.45, 7) is 0.383. The Bertz CT molecular complexity index is 1110. The van der Waals surface area contributed by atoms with Crippen molar-refractivity contribution >= 4 is 34.8 Å². The third kappa shape index (κ3) is 2.40. The number of nitrogens with zero attached hydrogens (tertiary/aromatic N) is 1. The number of amides is 2. The van der Waals surface area contributed by atoms with Crippen LogP contribution in [-0.4, -0.2) is 11.8 Å². The molecule has 3 aromatic rings. The van der Waals surface area contributed by atoms with E-state index < -0.39 is 5.66 Å². The summed E-state index contributed by atoms with van der Waals surface area (Å²) < 4.78 is 0. The summed E-state index contributed by atoms with van der Waals surface area (Å²) in [4.78, 5) is 28.1. The zero-order chi connectivity index (χ0) is 19.3. The first-order valence-electron chi connectivity index (χ1n) is 8.94. The van der Waals surface area contributed by atoms with Gasteiger partial charge in [-0.3, -0.25) is 9.59 Å². The zero-order valence-corrected chi connectivity index (χ0v) is 15.5. The van der Waals surface area contributed by atoms with Gasteiger partial charge in [0.2, 0.25) is 5.66 Å². The summed E-state index contributed by atoms with van der Waals surface area (Å²) in [6, 6.07) is 22.1. The van der Waals surface area contributed by atoms with Crippen LogP contribution in [0.1, 0.15) is 21.5 Å². The molecule has 0 bridgehead atoms. The SMILES string of the molecule is O=C1N[C@@]2(Nc3ccccc31)C(=O)N(Cc1ccc(Cl)cc1)c1ccccc12. The van der Waals surface area contributed by atoms with Gasteiger partial charge in [0.15, 0.2) is 0 Å². The van der Waals surface area contributed by atoms with Gasteiger partial charge in [0.25, 0.3) is 11.8 Å². The van der Waals surface area contributed by atoms with E-state index in [1.165, 1.54) is 0 Å². The molecule has 5 nitrogen and oxygen atoms in total. The predicted molar refractivity (Wildman–Crippen MR) is 108 cm³/mol. The topological polar surface area (TPSA) is 61.4 Å². The maximum atomic E-state index is 13.6. The number of carbonyl (C=O) groups excluding carboxylic acids is 2. The van der Waals surface area contributed by atoms with E-state index in [2.05, 4.69) is 10.6 Å². The van der Waals surface area contributed by atoms with Gasteiger partial charge in [-0.1, -0.05) is 54.1 Å². The first-order chi connectivity index (χ1) is 13.6. The molecule has 1 atom stereocenters. The van der Waals surface area contributed by atoms with E-state index in [1.54, 1.807) is 29.2 Å². The second-order valence-corrected chi connectivity index (χ2v) is 7.35. The highest BCUT2D eigenvalue weighted by Crippen LogP contribution is 2.43. The maximum absolute atomic E-state index is 13.6. The lowest BCUT2D eigenvalue weighted by molar-refractivity contribution is -0.123. The quantitative estimate of drug-likeness (QED) is 0.699. The fraction of sp³-hybridized carbons (Fsp3) is 0.0909. The van der Waals surface area contributed by atoms with Crippen molar-refractivity contribution in [1.29, 1.82) is 0 Å². The minimum Gasteiger partial charge on any atom is -0.350 e. The Morgan fingerprint density at radius 3 is 2.39 bits per heavy atom. The summed E-state index contributed by atoms with van der Waals surface area (Å²) in [5.74, 6) is -0.489. The van der Waals surface area contributed by atoms with Crippen molar-refractivity contribution in [3.05, 3.63) is 94.5 Å². The molecule has 2 N–H and O–H groups in total. The summed E-state index contributed by atoms with van der Waals surface area (Å²) in [6.07, 6.45) is 0. The summed E-state index contributed by atoms with van der Waals surface area (Å²) in [7, 11) is 0. The Hall–Kier alpha value is -3.31. The normalized spacial score (nSPS) is 19.8. The molecule has 0 fully saturated rings. The first-order valence-corrected chi connectivity index (χ1v) is 9.32. The Labute approximate surface area is 166 Å². The van der Waals surface area contributed by atoms with Crippen molar-refractivity contribution in [2.24, 2.45) is 0 Å². The molecule has 138 valence electrons. The highest BCUT2D eigenvalue weighted by atomic mass is 35.5. The van der Waals surface area contributed by atoms with Crippen LogP contribution in [0.15, 0.2) is 72.8 Å². The van der Waals surface area contributed by atoms with Crippen molar-refractivity contribution < 1.29 is 9.59 Å². The Kier molecular flexibility index (Phi) is 3.67. The number of anilines is 2. The van der Waals surface area contributed by atoms with Crippen molar-refractivity contribution in [2.75, 3.05) is 10.2 Å². The molecule has 0 aliphatic carbocycles. The second kappa shape index (κ2) is 6.11. The van der Waals surface area contributed by atoms with Crippen molar-refractivity contribution in [3.63, 3.8) is 0 Å². The summed E-state index contributed by atoms with van der Waals surface area (Å²) in [5, 5.41) is 6.85. The fourth-order valence-electron chi connectivity index (χ4n) is 3.89. The number of hydrogen-bond acceptors (Lipinski definition) is 3. The van der Waals surface area contributed by atoms with Gasteiger partial charge in [0, 0.05) is 16.3 Å². The van der Waals surface area contributed by atoms with E-state index in [4.69, 9.17) is 11.6 Å². The Balaban J connectivity index is 1.60. The highest BCUT2D eigenvalue weighted by molar-refractivity contribution is 6.30. The van der Waals surface area contributed by atoms with E-state index in [9.17, 15) is 9.59 Å². The van der Waals surface area contributed by atoms with E-state index in [-0.39, 0.29) is 11.8 Å². The van der Waals surface area contributed by atoms with Crippen LogP contribution < -0.4 is 15.5 Å². The van der Waals surface area contributed by atoms with Crippen LogP contribution in [0.2, 0.25) is 5.02 Å². The van der Waals surface area contributed by atoms with Gasteiger partial charge in [0.05, 0.1) is 17.8 Å². The first kappa shape index (κ1) is 16.8. The third-order valence-corrected chi connectivity index (χ3v) is 5.47. The molecule has 2 amide bonds. The van der Waals surface area contributed by atoms with Gasteiger partial charge < -0.3 is 15.5 Å². The highest BCUT2D eigenvalue weighted by Gasteiger charge is 2.54. The predicted octanol–water partition coefficient (Wildman–Crippen LogP) is 3.90. The lowest BCUT2D eigenvalue weighted by Crippen LogP contribution is -2.60. The van der Waals surface area contributed by atoms with Crippen molar-refractivity contribution in [2.45, 2.75) is 12.2 Å². The van der Waals surface area contributed by atoms with Gasteiger partial charge >= 0.3 is 0 Å². The molecule has 0 unspecified atom stereocenters. The molecule has 2 aliphatic rings. The number of nitrogens with one attached hydrogen (secondary N) is 2. The van der Waals surface area contributed by atoms with Gasteiger partial charge in [-0.05, 0) is 35.9 Å². The molecule has 2 heterocycles. The maximum Gasteiger partial charge on any atom is 0.278 e. The molecule has 0 aromatic heterocycles. The second-order valence-electron chi connectivity index (χ2n) is 6.91. The fourth-order valence-corrected chi connectivity index (χ4v) is 4.01. The lowest BCUT2D eigenvalue weighted by atomic mass is 9.96. The van der Waals surface area contributed by atoms with Gasteiger partial charge in [0.1, 0.15) is 0 Å². The third-order valence-electron chi connectivity index (χ3n) is 5.21. The van der Waals surface area contributed by atoms with Gasteiger partial charge in [-0.25, -0.2) is 0 Å². The molecular weight excluding hydrogens is 374 g/mol. The van der Waals surface area contributed by atoms with E-state index in [1.807, 2.05) is 48.5 Å². The number of fused-ring (bicyclic) bond motifs is 3. The molecule has 28 heavy (non-hydrogen) atoms. The number of benzene rings is 3. The van der Waals surface area contributed by atoms with E-state index >= 15 is 0 Å². The monoisotopic (exact) mass is 389 g/mol. The van der Waals surface area contributed by atoms with Crippen LogP contribution in [0.3, 0.4) is 0 Å². The average molecular weight is 390 g/mol. The molecule has 0 radical (unpaired) electrons. The van der Waals surface area contributed by atoms with E-state index in [0.717, 1.165) is 16.8 Å². The van der Waals surface area contributed by atoms with Crippen LogP contribution in [0.25, 0.3) is 0 Å². The summed E-state index contributed by atoms with van der Waals surface area (Å²) in [5.41, 5.74) is 2.31. The van der Waals surface area contributed by atoms with Crippen LogP contribution in [0.5, 0.6) is 0 Å². The number of hydrogen-bond donors (Lipinski definition) is 2. The molecular formula is C22H16ClN3O2. The number of para-hydroxylation sites is 2. The Morgan fingerprint density at radius 1 is 0.857 bits per heavy atom. The number of carbonyl (C=O) groups is 2. The molecule has 0 saturated heterocycles. The largest absolute Gasteiger partial charge is 0.350 e. The van der Waals surface area contributed by atoms with Gasteiger partial charge in [-0.15, -0.1) is 0 Å². The number of halogens is 1. The van der Waals surface area contributed by atoms with Crippen LogP contribution in [0, 0.1) is 0 Å². The van der Waals surface area contributed by atoms with Crippen molar-refractivity contribution in [3.8, 4) is 0 Å². The smallest absolute Gasteiger partial charge is 0.278 e. The lowest BCUT2D eigenvalue weighted by Gasteiger charge is -2.36. The average Bonchev–Trinajstić information content (AvgIpc) is 2.92. The number of rotatable bonds is 2. The van der Waals surface area contributed by atoms with Crippen LogP contribution >= 0.6 is 11.6 Å². The standard InChI is InChI=1S/C22H16ClN3O2/c23-15-11-9-14(10-12-15)13-26-19-8-4-2-6-17(19)22(21(26)28)24-18-7-3-1-5-16(18)20(27)25-22/h1-12,24H,13H2,(H,25,27)/t22-/m1/s1. The molecule has 1 spiro atoms. The molecule has 0 saturated carbocycles. The summed E-state index contributed by atoms with van der Waals surface area (Å²) >= 11 is 5.98. The van der Waals surface area contributed by atoms with Gasteiger partial charge in [-0.2, -0.15) is 0 Å². The minimum atomic E-state index is -1.31. The van der Waals surface area contributed by atoms with E-state index in [0.29, 0.717) is 22.8 Å². The molecule has 6 heteroatoms. The molecule has 3 aromatic carbocycles. The van der Waals surface area contributed by atoms with Crippen molar-refractivity contribution in [1.82, 2.24) is 5.32 Å². The Morgan fingerprint density at radius 2 is 1.57 bits per heavy atom. The zero-order valence-electron chi connectivity index (χ0n) is 14.8. The van der Waals surface area contributed by atoms with Crippen LogP contribution in [-0.2, 0) is 17.0 Å². The molecule has 5 rings (SSSR count).